The van der Waals surface area contributed by atoms with Gasteiger partial charge in [0, 0.05) is 41.4 Å². The molecule has 5 heteroatoms. The minimum Gasteiger partial charge on any atom is -0.332 e. The molecule has 29 heavy (non-hydrogen) atoms. The molecule has 2 aromatic carbocycles. The summed E-state index contributed by atoms with van der Waals surface area (Å²) < 4.78 is 2.07. The van der Waals surface area contributed by atoms with Crippen LogP contribution in [-0.4, -0.2) is 32.1 Å². The maximum atomic E-state index is 13.2. The van der Waals surface area contributed by atoms with Crippen LogP contribution in [0.1, 0.15) is 28.5 Å². The fourth-order valence-electron chi connectivity index (χ4n) is 4.16. The lowest BCUT2D eigenvalue weighted by Crippen LogP contribution is -2.36. The first kappa shape index (κ1) is 17.6. The lowest BCUT2D eigenvalue weighted by atomic mass is 9.99. The SMILES string of the molecule is CCn1nc2c(c1-c1ccccc1)CCN(C(=O)c1ccc3ncccc3c1)C2. The summed E-state index contributed by atoms with van der Waals surface area (Å²) in [5.41, 5.74) is 6.25. The quantitative estimate of drug-likeness (QED) is 0.530. The summed E-state index contributed by atoms with van der Waals surface area (Å²) >= 11 is 0. The molecule has 0 radical (unpaired) electrons. The van der Waals surface area contributed by atoms with Crippen LogP contribution in [0.25, 0.3) is 22.2 Å². The number of benzene rings is 2. The first-order valence-corrected chi connectivity index (χ1v) is 10.0. The third-order valence-corrected chi connectivity index (χ3v) is 5.59. The van der Waals surface area contributed by atoms with Gasteiger partial charge in [0.25, 0.3) is 5.91 Å². The normalized spacial score (nSPS) is 13.5. The van der Waals surface area contributed by atoms with Crippen molar-refractivity contribution in [2.75, 3.05) is 6.54 Å². The highest BCUT2D eigenvalue weighted by Crippen LogP contribution is 2.31. The van der Waals surface area contributed by atoms with Gasteiger partial charge in [-0.05, 0) is 37.6 Å². The van der Waals surface area contributed by atoms with Crippen molar-refractivity contribution < 1.29 is 4.79 Å². The van der Waals surface area contributed by atoms with Crippen LogP contribution in [0, 0.1) is 0 Å². The summed E-state index contributed by atoms with van der Waals surface area (Å²) in [4.78, 5) is 19.4. The Morgan fingerprint density at radius 3 is 2.76 bits per heavy atom. The van der Waals surface area contributed by atoms with Gasteiger partial charge in [-0.25, -0.2) is 0 Å². The van der Waals surface area contributed by atoms with E-state index in [1.165, 1.54) is 16.8 Å². The Morgan fingerprint density at radius 1 is 1.07 bits per heavy atom. The Morgan fingerprint density at radius 2 is 1.93 bits per heavy atom. The van der Waals surface area contributed by atoms with E-state index < -0.39 is 0 Å². The van der Waals surface area contributed by atoms with Crippen molar-refractivity contribution in [1.29, 1.82) is 0 Å². The Kier molecular flexibility index (Phi) is 4.35. The molecule has 0 spiro atoms. The fraction of sp³-hybridized carbons (Fsp3) is 0.208. The summed E-state index contributed by atoms with van der Waals surface area (Å²) in [7, 11) is 0. The molecule has 2 aromatic heterocycles. The van der Waals surface area contributed by atoms with Crippen LogP contribution >= 0.6 is 0 Å². The molecule has 0 bridgehead atoms. The molecule has 5 nitrogen and oxygen atoms in total. The molecule has 1 amide bonds. The summed E-state index contributed by atoms with van der Waals surface area (Å²) in [6.45, 7) is 4.16. The van der Waals surface area contributed by atoms with Crippen molar-refractivity contribution in [3.8, 4) is 11.3 Å². The highest BCUT2D eigenvalue weighted by molar-refractivity contribution is 5.98. The van der Waals surface area contributed by atoms with Gasteiger partial charge in [-0.1, -0.05) is 36.4 Å². The number of rotatable bonds is 3. The van der Waals surface area contributed by atoms with E-state index in [1.54, 1.807) is 6.20 Å². The number of carbonyl (C=O) groups excluding carboxylic acids is 1. The van der Waals surface area contributed by atoms with Crippen molar-refractivity contribution in [3.63, 3.8) is 0 Å². The third kappa shape index (κ3) is 3.09. The molecule has 0 atom stereocenters. The lowest BCUT2D eigenvalue weighted by molar-refractivity contribution is 0.0732. The predicted octanol–water partition coefficient (Wildman–Crippen LogP) is 4.32. The van der Waals surface area contributed by atoms with Crippen LogP contribution in [0.15, 0.2) is 66.9 Å². The Bertz CT molecular complexity index is 1200. The molecule has 5 rings (SSSR count). The standard InChI is InChI=1S/C24H22N4O/c1-2-28-23(17-7-4-3-5-8-17)20-12-14-27(16-22(20)26-28)24(29)19-10-11-21-18(15-19)9-6-13-25-21/h3-11,13,15H,2,12,14,16H2,1H3. The highest BCUT2D eigenvalue weighted by atomic mass is 16.2. The predicted molar refractivity (Wildman–Crippen MR) is 114 cm³/mol. The average molecular weight is 382 g/mol. The van der Waals surface area contributed by atoms with Gasteiger partial charge in [0.1, 0.15) is 0 Å². The number of hydrogen-bond donors (Lipinski definition) is 0. The first-order valence-electron chi connectivity index (χ1n) is 10.0. The number of nitrogens with zero attached hydrogens (tertiary/aromatic N) is 4. The first-order chi connectivity index (χ1) is 14.2. The van der Waals surface area contributed by atoms with Gasteiger partial charge in [0.15, 0.2) is 0 Å². The number of pyridine rings is 1. The zero-order valence-corrected chi connectivity index (χ0v) is 16.4. The van der Waals surface area contributed by atoms with E-state index in [9.17, 15) is 4.79 Å². The summed E-state index contributed by atoms with van der Waals surface area (Å²) in [6, 6.07) is 20.0. The van der Waals surface area contributed by atoms with E-state index in [4.69, 9.17) is 5.10 Å². The number of aryl methyl sites for hydroxylation is 1. The molecule has 3 heterocycles. The van der Waals surface area contributed by atoms with E-state index in [0.29, 0.717) is 18.7 Å². The summed E-state index contributed by atoms with van der Waals surface area (Å²) in [5.74, 6) is 0.0497. The van der Waals surface area contributed by atoms with E-state index >= 15 is 0 Å². The smallest absolute Gasteiger partial charge is 0.254 e. The number of aromatic nitrogens is 3. The van der Waals surface area contributed by atoms with Crippen molar-refractivity contribution >= 4 is 16.8 Å². The molecule has 0 saturated carbocycles. The summed E-state index contributed by atoms with van der Waals surface area (Å²) in [6.07, 6.45) is 2.59. The fourth-order valence-corrected chi connectivity index (χ4v) is 4.16. The van der Waals surface area contributed by atoms with Gasteiger partial charge in [0.05, 0.1) is 23.4 Å². The molecular formula is C24H22N4O. The molecule has 144 valence electrons. The highest BCUT2D eigenvalue weighted by Gasteiger charge is 2.28. The second-order valence-electron chi connectivity index (χ2n) is 7.34. The molecule has 1 aliphatic rings. The monoisotopic (exact) mass is 382 g/mol. The molecule has 4 aromatic rings. The second-order valence-corrected chi connectivity index (χ2v) is 7.34. The van der Waals surface area contributed by atoms with Crippen molar-refractivity contribution in [3.05, 3.63) is 83.7 Å². The number of carbonyl (C=O) groups is 1. The Balaban J connectivity index is 1.46. The third-order valence-electron chi connectivity index (χ3n) is 5.59. The van der Waals surface area contributed by atoms with Crippen LogP contribution in [0.4, 0.5) is 0 Å². The van der Waals surface area contributed by atoms with Gasteiger partial charge in [-0.15, -0.1) is 0 Å². The number of fused-ring (bicyclic) bond motifs is 2. The average Bonchev–Trinajstić information content (AvgIpc) is 3.16. The minimum absolute atomic E-state index is 0.0497. The zero-order valence-electron chi connectivity index (χ0n) is 16.4. The van der Waals surface area contributed by atoms with Gasteiger partial charge in [-0.2, -0.15) is 5.10 Å². The lowest BCUT2D eigenvalue weighted by Gasteiger charge is -2.26. The van der Waals surface area contributed by atoms with Crippen LogP contribution in [-0.2, 0) is 19.5 Å². The van der Waals surface area contributed by atoms with Crippen LogP contribution in [0.2, 0.25) is 0 Å². The topological polar surface area (TPSA) is 51.0 Å². The summed E-state index contributed by atoms with van der Waals surface area (Å²) in [5, 5.41) is 5.82. The van der Waals surface area contributed by atoms with E-state index in [0.717, 1.165) is 29.6 Å². The molecule has 0 saturated heterocycles. The van der Waals surface area contributed by atoms with Gasteiger partial charge in [-0.3, -0.25) is 14.5 Å². The van der Waals surface area contributed by atoms with Crippen LogP contribution in [0.3, 0.4) is 0 Å². The molecule has 0 unspecified atom stereocenters. The van der Waals surface area contributed by atoms with E-state index in [-0.39, 0.29) is 5.91 Å². The van der Waals surface area contributed by atoms with Gasteiger partial charge < -0.3 is 4.90 Å². The largest absolute Gasteiger partial charge is 0.332 e. The van der Waals surface area contributed by atoms with Crippen molar-refractivity contribution in [2.45, 2.75) is 26.4 Å². The number of amides is 1. The van der Waals surface area contributed by atoms with Crippen molar-refractivity contribution in [2.24, 2.45) is 0 Å². The maximum Gasteiger partial charge on any atom is 0.254 e. The van der Waals surface area contributed by atoms with Crippen LogP contribution < -0.4 is 0 Å². The van der Waals surface area contributed by atoms with E-state index in [1.807, 2.05) is 41.3 Å². The van der Waals surface area contributed by atoms with Gasteiger partial charge >= 0.3 is 0 Å². The Hall–Kier alpha value is -3.47. The van der Waals surface area contributed by atoms with Crippen LogP contribution in [0.5, 0.6) is 0 Å². The van der Waals surface area contributed by atoms with Crippen molar-refractivity contribution in [1.82, 2.24) is 19.7 Å². The molecule has 1 aliphatic heterocycles. The minimum atomic E-state index is 0.0497. The van der Waals surface area contributed by atoms with E-state index in [2.05, 4.69) is 40.9 Å². The zero-order chi connectivity index (χ0) is 19.8. The second kappa shape index (κ2) is 7.17. The Labute approximate surface area is 169 Å². The van der Waals surface area contributed by atoms with Gasteiger partial charge in [0.2, 0.25) is 0 Å². The molecule has 0 aliphatic carbocycles. The number of hydrogen-bond acceptors (Lipinski definition) is 3. The molecular weight excluding hydrogens is 360 g/mol. The molecule has 0 fully saturated rings. The maximum absolute atomic E-state index is 13.2. The molecule has 0 N–H and O–H groups in total.